The molecule has 1 N–H and O–H groups in total. The second-order valence-corrected chi connectivity index (χ2v) is 6.18. The van der Waals surface area contributed by atoms with Crippen molar-refractivity contribution in [1.29, 1.82) is 0 Å². The number of ether oxygens (including phenoxy) is 2. The highest BCUT2D eigenvalue weighted by Crippen LogP contribution is 2.36. The molecule has 1 aliphatic heterocycles. The Morgan fingerprint density at radius 1 is 1.19 bits per heavy atom. The summed E-state index contributed by atoms with van der Waals surface area (Å²) in [5.74, 6) is -2.81. The summed E-state index contributed by atoms with van der Waals surface area (Å²) in [5, 5.41) is 3.51. The van der Waals surface area contributed by atoms with E-state index >= 15 is 0 Å². The van der Waals surface area contributed by atoms with Crippen molar-refractivity contribution in [3.8, 4) is 0 Å². The molecule has 0 unspecified atom stereocenters. The molecule has 1 heterocycles. The lowest BCUT2D eigenvalue weighted by atomic mass is 10.2. The van der Waals surface area contributed by atoms with Gasteiger partial charge in [0.1, 0.15) is 0 Å². The first-order valence-electron chi connectivity index (χ1n) is 5.78. The molecule has 8 heteroatoms. The molecule has 0 aromatic heterocycles. The van der Waals surface area contributed by atoms with Gasteiger partial charge >= 0.3 is 11.9 Å². The number of halogens is 3. The van der Waals surface area contributed by atoms with Crippen molar-refractivity contribution < 1.29 is 19.1 Å². The Hall–Kier alpha value is -1.24. The van der Waals surface area contributed by atoms with Crippen LogP contribution in [0.2, 0.25) is 10.0 Å². The molecule has 1 aliphatic rings. The Labute approximate surface area is 139 Å². The minimum Gasteiger partial charge on any atom is -0.419 e. The van der Waals surface area contributed by atoms with E-state index in [0.29, 0.717) is 20.2 Å². The summed E-state index contributed by atoms with van der Waals surface area (Å²) in [4.78, 5) is 23.5. The zero-order chi connectivity index (χ0) is 15.8. The molecule has 0 amide bonds. The summed E-state index contributed by atoms with van der Waals surface area (Å²) < 4.78 is 10.4. The fourth-order valence-corrected chi connectivity index (χ4v) is 2.34. The van der Waals surface area contributed by atoms with Crippen LogP contribution < -0.4 is 5.32 Å². The lowest BCUT2D eigenvalue weighted by Crippen LogP contribution is -2.42. The summed E-state index contributed by atoms with van der Waals surface area (Å²) in [6.45, 7) is 2.94. The van der Waals surface area contributed by atoms with Crippen molar-refractivity contribution in [3.63, 3.8) is 0 Å². The van der Waals surface area contributed by atoms with Crippen LogP contribution in [0.1, 0.15) is 13.8 Å². The van der Waals surface area contributed by atoms with Crippen molar-refractivity contribution in [2.75, 3.05) is 5.32 Å². The lowest BCUT2D eigenvalue weighted by molar-refractivity contribution is -0.222. The molecule has 1 saturated heterocycles. The third kappa shape index (κ3) is 3.51. The van der Waals surface area contributed by atoms with Crippen LogP contribution in [0, 0.1) is 0 Å². The molecule has 0 spiro atoms. The topological polar surface area (TPSA) is 64.6 Å². The molecule has 0 bridgehead atoms. The van der Waals surface area contributed by atoms with Crippen molar-refractivity contribution in [2.45, 2.75) is 19.6 Å². The van der Waals surface area contributed by atoms with Crippen LogP contribution in [0.3, 0.4) is 0 Å². The molecule has 0 radical (unpaired) electrons. The van der Waals surface area contributed by atoms with Crippen molar-refractivity contribution in [3.05, 3.63) is 38.4 Å². The molecule has 1 aromatic rings. The fourth-order valence-electron chi connectivity index (χ4n) is 1.57. The molecule has 0 saturated carbocycles. The van der Waals surface area contributed by atoms with Crippen molar-refractivity contribution in [1.82, 2.24) is 0 Å². The van der Waals surface area contributed by atoms with Gasteiger partial charge in [-0.3, -0.25) is 0 Å². The molecular formula is C13H10BrCl2NO4. The van der Waals surface area contributed by atoms with Crippen LogP contribution in [-0.2, 0) is 19.1 Å². The first-order valence-corrected chi connectivity index (χ1v) is 7.33. The first kappa shape index (κ1) is 16.1. The summed E-state index contributed by atoms with van der Waals surface area (Å²) >= 11 is 15.2. The van der Waals surface area contributed by atoms with E-state index in [0.717, 1.165) is 0 Å². The summed E-state index contributed by atoms with van der Waals surface area (Å²) in [7, 11) is 0. The van der Waals surface area contributed by atoms with Crippen LogP contribution in [0.5, 0.6) is 0 Å². The maximum absolute atomic E-state index is 11.8. The summed E-state index contributed by atoms with van der Waals surface area (Å²) in [6.07, 6.45) is 1.18. The van der Waals surface area contributed by atoms with E-state index in [4.69, 9.17) is 32.7 Å². The molecule has 1 aromatic carbocycles. The quantitative estimate of drug-likeness (QED) is 0.357. The Kier molecular flexibility index (Phi) is 4.51. The number of hydrogen-bond acceptors (Lipinski definition) is 5. The number of carbonyl (C=O) groups is 2. The third-order valence-corrected chi connectivity index (χ3v) is 4.51. The Morgan fingerprint density at radius 3 is 2.33 bits per heavy atom. The lowest BCUT2D eigenvalue weighted by Gasteiger charge is -2.29. The second kappa shape index (κ2) is 5.87. The number of carbonyl (C=O) groups excluding carboxylic acids is 2. The molecule has 0 aliphatic carbocycles. The molecule has 0 atom stereocenters. The Morgan fingerprint density at radius 2 is 1.76 bits per heavy atom. The van der Waals surface area contributed by atoms with Crippen molar-refractivity contribution >= 4 is 56.8 Å². The van der Waals surface area contributed by atoms with Gasteiger partial charge in [-0.25, -0.2) is 9.59 Å². The number of rotatable bonds is 2. The molecule has 112 valence electrons. The maximum atomic E-state index is 11.8. The van der Waals surface area contributed by atoms with Crippen LogP contribution in [0.15, 0.2) is 28.4 Å². The molecule has 21 heavy (non-hydrogen) atoms. The summed E-state index contributed by atoms with van der Waals surface area (Å²) in [6, 6.07) is 3.22. The van der Waals surface area contributed by atoms with Crippen LogP contribution in [0.25, 0.3) is 0 Å². The predicted octanol–water partition coefficient (Wildman–Crippen LogP) is 3.89. The molecule has 5 nitrogen and oxygen atoms in total. The highest BCUT2D eigenvalue weighted by molar-refractivity contribution is 9.10. The van der Waals surface area contributed by atoms with E-state index in [1.807, 2.05) is 0 Å². The third-order valence-electron chi connectivity index (χ3n) is 2.52. The zero-order valence-corrected chi connectivity index (χ0v) is 14.1. The fraction of sp³-hybridized carbons (Fsp3) is 0.231. The number of cyclic esters (lactones) is 2. The average molecular weight is 395 g/mol. The normalized spacial score (nSPS) is 17.1. The van der Waals surface area contributed by atoms with E-state index in [9.17, 15) is 9.59 Å². The van der Waals surface area contributed by atoms with Gasteiger partial charge in [-0.05, 0) is 28.1 Å². The van der Waals surface area contributed by atoms with E-state index < -0.39 is 17.7 Å². The maximum Gasteiger partial charge on any atom is 0.350 e. The van der Waals surface area contributed by atoms with Crippen LogP contribution in [0.4, 0.5) is 5.69 Å². The van der Waals surface area contributed by atoms with Gasteiger partial charge in [0, 0.05) is 20.0 Å². The van der Waals surface area contributed by atoms with E-state index in [1.54, 1.807) is 12.1 Å². The largest absolute Gasteiger partial charge is 0.419 e. The van der Waals surface area contributed by atoms with Gasteiger partial charge in [0.15, 0.2) is 5.57 Å². The van der Waals surface area contributed by atoms with E-state index in [-0.39, 0.29) is 5.57 Å². The van der Waals surface area contributed by atoms with Gasteiger partial charge in [0.05, 0.1) is 20.2 Å². The molecule has 2 rings (SSSR count). The van der Waals surface area contributed by atoms with Gasteiger partial charge in [-0.2, -0.15) is 0 Å². The predicted molar refractivity (Wildman–Crippen MR) is 82.1 cm³/mol. The smallest absolute Gasteiger partial charge is 0.350 e. The number of nitrogens with one attached hydrogen (secondary N) is 1. The number of benzene rings is 1. The number of esters is 2. The Bertz CT molecular complexity index is 636. The van der Waals surface area contributed by atoms with Gasteiger partial charge in [0.2, 0.25) is 0 Å². The highest BCUT2D eigenvalue weighted by atomic mass is 79.9. The SMILES string of the molecule is CC1(C)OC(=O)C(=CNc2ccc(Cl)c(Br)c2Cl)C(=O)O1. The first-order chi connectivity index (χ1) is 9.71. The minimum atomic E-state index is -1.27. The highest BCUT2D eigenvalue weighted by Gasteiger charge is 2.38. The monoisotopic (exact) mass is 393 g/mol. The number of anilines is 1. The Balaban J connectivity index is 2.24. The summed E-state index contributed by atoms with van der Waals surface area (Å²) in [5.41, 5.74) is 0.210. The zero-order valence-electron chi connectivity index (χ0n) is 11.0. The average Bonchev–Trinajstić information content (AvgIpc) is 2.36. The molecular weight excluding hydrogens is 385 g/mol. The van der Waals surface area contributed by atoms with Gasteiger partial charge in [-0.1, -0.05) is 23.2 Å². The number of hydrogen-bond donors (Lipinski definition) is 1. The van der Waals surface area contributed by atoms with Crippen LogP contribution in [-0.4, -0.2) is 17.7 Å². The standard InChI is InChI=1S/C13H10BrCl2NO4/c1-13(2)20-11(18)6(12(19)21-13)5-17-8-4-3-7(15)9(14)10(8)16/h3-5,17H,1-2H3. The van der Waals surface area contributed by atoms with Gasteiger partial charge in [-0.15, -0.1) is 0 Å². The van der Waals surface area contributed by atoms with Gasteiger partial charge < -0.3 is 14.8 Å². The minimum absolute atomic E-state index is 0.253. The van der Waals surface area contributed by atoms with E-state index in [1.165, 1.54) is 20.0 Å². The van der Waals surface area contributed by atoms with Crippen molar-refractivity contribution in [2.24, 2.45) is 0 Å². The molecule has 1 fully saturated rings. The van der Waals surface area contributed by atoms with Crippen LogP contribution >= 0.6 is 39.1 Å². The second-order valence-electron chi connectivity index (χ2n) is 4.60. The van der Waals surface area contributed by atoms with E-state index in [2.05, 4.69) is 21.2 Å². The van der Waals surface area contributed by atoms with Gasteiger partial charge in [0.25, 0.3) is 5.79 Å².